The maximum atomic E-state index is 5.77. The van der Waals surface area contributed by atoms with Gasteiger partial charge < -0.3 is 10.2 Å². The number of thioether (sulfide) groups is 1. The Balaban J connectivity index is 2.06. The maximum Gasteiger partial charge on any atom is 0.181 e. The molecule has 2 N–H and O–H groups in total. The van der Waals surface area contributed by atoms with E-state index in [4.69, 9.17) is 10.2 Å². The summed E-state index contributed by atoms with van der Waals surface area (Å²) in [5.74, 6) is 1.62. The van der Waals surface area contributed by atoms with Crippen LogP contribution in [0.1, 0.15) is 11.5 Å². The number of aromatic nitrogens is 2. The molecule has 0 saturated heterocycles. The van der Waals surface area contributed by atoms with Gasteiger partial charge in [-0.15, -0.1) is 11.8 Å². The second kappa shape index (κ2) is 4.35. The second-order valence-electron chi connectivity index (χ2n) is 3.06. The lowest BCUT2D eigenvalue weighted by molar-refractivity contribution is 0.525. The molecule has 0 aliphatic heterocycles. The average Bonchev–Trinajstić information content (AvgIpc) is 2.63. The van der Waals surface area contributed by atoms with Gasteiger partial charge >= 0.3 is 0 Å². The molecule has 0 aromatic carbocycles. The highest BCUT2D eigenvalue weighted by atomic mass is 32.2. The van der Waals surface area contributed by atoms with E-state index in [9.17, 15) is 0 Å². The molecule has 15 heavy (non-hydrogen) atoms. The van der Waals surface area contributed by atoms with E-state index in [0.717, 1.165) is 22.1 Å². The fourth-order valence-corrected chi connectivity index (χ4v) is 2.08. The van der Waals surface area contributed by atoms with Crippen molar-refractivity contribution >= 4 is 17.4 Å². The number of hydrogen-bond acceptors (Lipinski definition) is 5. The van der Waals surface area contributed by atoms with E-state index < -0.39 is 0 Å². The van der Waals surface area contributed by atoms with Crippen LogP contribution in [-0.4, -0.2) is 9.97 Å². The van der Waals surface area contributed by atoms with Crippen molar-refractivity contribution in [2.75, 3.05) is 5.73 Å². The summed E-state index contributed by atoms with van der Waals surface area (Å²) in [7, 11) is 0. The number of oxazole rings is 1. The number of nitrogens with zero attached hydrogens (tertiary/aromatic N) is 2. The maximum absolute atomic E-state index is 5.77. The summed E-state index contributed by atoms with van der Waals surface area (Å²) < 4.78 is 5.12. The van der Waals surface area contributed by atoms with Gasteiger partial charge in [0.15, 0.2) is 6.39 Å². The van der Waals surface area contributed by atoms with Crippen LogP contribution in [0.5, 0.6) is 0 Å². The summed E-state index contributed by atoms with van der Waals surface area (Å²) in [6.07, 6.45) is 4.84. The van der Waals surface area contributed by atoms with Crippen molar-refractivity contribution in [3.8, 4) is 0 Å². The molecule has 0 fully saturated rings. The fourth-order valence-electron chi connectivity index (χ4n) is 1.14. The number of pyridine rings is 1. The molecule has 78 valence electrons. The third kappa shape index (κ3) is 2.30. The Bertz CT molecular complexity index is 455. The molecule has 4 nitrogen and oxygen atoms in total. The molecule has 0 aliphatic carbocycles. The largest absolute Gasteiger partial charge is 0.448 e. The van der Waals surface area contributed by atoms with Crippen molar-refractivity contribution in [2.24, 2.45) is 0 Å². The predicted octanol–water partition coefficient (Wildman–Crippen LogP) is 2.25. The molecule has 2 rings (SSSR count). The predicted molar refractivity (Wildman–Crippen MR) is 59.5 cm³/mol. The van der Waals surface area contributed by atoms with E-state index >= 15 is 0 Å². The van der Waals surface area contributed by atoms with Crippen LogP contribution in [0.25, 0.3) is 0 Å². The fraction of sp³-hybridized carbons (Fsp3) is 0.200. The number of rotatable bonds is 3. The lowest BCUT2D eigenvalue weighted by Gasteiger charge is -2.02. The Morgan fingerprint density at radius 1 is 1.53 bits per heavy atom. The molecule has 2 heterocycles. The zero-order valence-corrected chi connectivity index (χ0v) is 9.12. The Labute approximate surface area is 91.9 Å². The molecule has 0 unspecified atom stereocenters. The molecular weight excluding hydrogens is 210 g/mol. The van der Waals surface area contributed by atoms with E-state index in [-0.39, 0.29) is 0 Å². The average molecular weight is 221 g/mol. The van der Waals surface area contributed by atoms with Crippen molar-refractivity contribution in [3.63, 3.8) is 0 Å². The molecule has 0 bridgehead atoms. The molecule has 0 saturated carbocycles. The molecule has 5 heteroatoms. The van der Waals surface area contributed by atoms with Gasteiger partial charge in [-0.1, -0.05) is 0 Å². The first-order valence-corrected chi connectivity index (χ1v) is 5.47. The highest BCUT2D eigenvalue weighted by Crippen LogP contribution is 2.27. The van der Waals surface area contributed by atoms with Crippen molar-refractivity contribution in [1.82, 2.24) is 9.97 Å². The van der Waals surface area contributed by atoms with Crippen molar-refractivity contribution < 1.29 is 4.42 Å². The monoisotopic (exact) mass is 221 g/mol. The van der Waals surface area contributed by atoms with Crippen LogP contribution in [0.2, 0.25) is 0 Å². The highest BCUT2D eigenvalue weighted by Gasteiger charge is 2.05. The Morgan fingerprint density at radius 2 is 2.40 bits per heavy atom. The van der Waals surface area contributed by atoms with Crippen LogP contribution >= 0.6 is 11.8 Å². The van der Waals surface area contributed by atoms with Crippen molar-refractivity contribution in [2.45, 2.75) is 17.6 Å². The number of nitrogens with two attached hydrogens (primary N) is 1. The zero-order chi connectivity index (χ0) is 10.7. The Hall–Kier alpha value is -1.49. The first-order chi connectivity index (χ1) is 7.27. The van der Waals surface area contributed by atoms with Gasteiger partial charge in [0, 0.05) is 16.8 Å². The van der Waals surface area contributed by atoms with Crippen LogP contribution in [-0.2, 0) is 5.75 Å². The number of anilines is 1. The van der Waals surface area contributed by atoms with Gasteiger partial charge in [0.25, 0.3) is 0 Å². The normalized spacial score (nSPS) is 10.5. The molecule has 0 atom stereocenters. The minimum Gasteiger partial charge on any atom is -0.448 e. The Morgan fingerprint density at radius 3 is 3.07 bits per heavy atom. The van der Waals surface area contributed by atoms with Gasteiger partial charge in [-0.05, 0) is 13.0 Å². The van der Waals surface area contributed by atoms with E-state index in [1.54, 1.807) is 24.2 Å². The SMILES string of the molecule is Cc1ocnc1CSc1ccncc1N. The molecule has 2 aromatic rings. The third-order valence-corrected chi connectivity index (χ3v) is 3.12. The number of nitrogen functional groups attached to an aromatic ring is 1. The molecule has 0 amide bonds. The molecule has 2 aromatic heterocycles. The topological polar surface area (TPSA) is 64.9 Å². The van der Waals surface area contributed by atoms with Gasteiger partial charge in [-0.3, -0.25) is 4.98 Å². The van der Waals surface area contributed by atoms with Crippen LogP contribution < -0.4 is 5.73 Å². The van der Waals surface area contributed by atoms with E-state index in [1.165, 1.54) is 6.39 Å². The van der Waals surface area contributed by atoms with Crippen LogP contribution in [0.4, 0.5) is 5.69 Å². The van der Waals surface area contributed by atoms with Crippen LogP contribution in [0.15, 0.2) is 34.2 Å². The van der Waals surface area contributed by atoms with E-state index in [0.29, 0.717) is 5.69 Å². The summed E-state index contributed by atoms with van der Waals surface area (Å²) in [6.45, 7) is 1.90. The number of hydrogen-bond donors (Lipinski definition) is 1. The van der Waals surface area contributed by atoms with E-state index in [2.05, 4.69) is 9.97 Å². The first kappa shape index (κ1) is 10.0. The smallest absolute Gasteiger partial charge is 0.181 e. The minimum absolute atomic E-state index is 0.698. The molecular formula is C10H11N3OS. The highest BCUT2D eigenvalue weighted by molar-refractivity contribution is 7.98. The lowest BCUT2D eigenvalue weighted by Crippen LogP contribution is -1.90. The van der Waals surface area contributed by atoms with Gasteiger partial charge in [-0.25, -0.2) is 4.98 Å². The second-order valence-corrected chi connectivity index (χ2v) is 4.07. The summed E-state index contributed by atoms with van der Waals surface area (Å²) in [4.78, 5) is 9.07. The number of aryl methyl sites for hydroxylation is 1. The minimum atomic E-state index is 0.698. The summed E-state index contributed by atoms with van der Waals surface area (Å²) in [6, 6.07) is 1.90. The lowest BCUT2D eigenvalue weighted by atomic mass is 10.4. The first-order valence-electron chi connectivity index (χ1n) is 4.48. The van der Waals surface area contributed by atoms with Crippen molar-refractivity contribution in [3.05, 3.63) is 36.3 Å². The van der Waals surface area contributed by atoms with Crippen molar-refractivity contribution in [1.29, 1.82) is 0 Å². The van der Waals surface area contributed by atoms with Gasteiger partial charge in [0.2, 0.25) is 0 Å². The standard InChI is InChI=1S/C10H11N3OS/c1-7-9(13-6-14-7)5-15-10-2-3-12-4-8(10)11/h2-4,6H,5,11H2,1H3. The molecule has 0 spiro atoms. The third-order valence-electron chi connectivity index (χ3n) is 2.02. The Kier molecular flexibility index (Phi) is 2.91. The summed E-state index contributed by atoms with van der Waals surface area (Å²) in [5, 5.41) is 0. The molecule has 0 aliphatic rings. The summed E-state index contributed by atoms with van der Waals surface area (Å²) in [5.41, 5.74) is 7.42. The zero-order valence-electron chi connectivity index (χ0n) is 8.30. The van der Waals surface area contributed by atoms with Gasteiger partial charge in [-0.2, -0.15) is 0 Å². The quantitative estimate of drug-likeness (QED) is 0.805. The van der Waals surface area contributed by atoms with Crippen LogP contribution in [0.3, 0.4) is 0 Å². The molecule has 0 radical (unpaired) electrons. The summed E-state index contributed by atoms with van der Waals surface area (Å²) >= 11 is 1.63. The van der Waals surface area contributed by atoms with E-state index in [1.807, 2.05) is 13.0 Å². The van der Waals surface area contributed by atoms with Crippen LogP contribution in [0, 0.1) is 6.92 Å². The van der Waals surface area contributed by atoms with Gasteiger partial charge in [0.1, 0.15) is 5.76 Å². The van der Waals surface area contributed by atoms with Gasteiger partial charge in [0.05, 0.1) is 17.6 Å².